The van der Waals surface area contributed by atoms with Crippen molar-refractivity contribution >= 4 is 23.8 Å². The van der Waals surface area contributed by atoms with Crippen LogP contribution < -0.4 is 21.3 Å². The maximum Gasteiger partial charge on any atom is 0.407 e. The molecule has 0 heterocycles. The molecule has 266 valence electrons. The Balaban J connectivity index is 1.96. The van der Waals surface area contributed by atoms with E-state index >= 15 is 0 Å². The van der Waals surface area contributed by atoms with Crippen LogP contribution in [0.15, 0.2) is 60.7 Å². The molecule has 0 aromatic heterocycles. The van der Waals surface area contributed by atoms with Gasteiger partial charge in [0.1, 0.15) is 11.6 Å². The molecular weight excluding hydrogens is 608 g/mol. The number of carbonyl (C=O) groups is 4. The van der Waals surface area contributed by atoms with Crippen molar-refractivity contribution in [1.29, 1.82) is 0 Å². The van der Waals surface area contributed by atoms with Crippen molar-refractivity contribution in [1.82, 2.24) is 21.3 Å². The summed E-state index contributed by atoms with van der Waals surface area (Å²) in [4.78, 5) is 51.6. The van der Waals surface area contributed by atoms with Crippen LogP contribution in [0.4, 0.5) is 4.79 Å². The Bertz CT molecular complexity index is 1260. The summed E-state index contributed by atoms with van der Waals surface area (Å²) in [5.74, 6) is -0.674. The highest BCUT2D eigenvalue weighted by Gasteiger charge is 2.28. The quantitative estimate of drug-likeness (QED) is 0.135. The van der Waals surface area contributed by atoms with Crippen molar-refractivity contribution in [3.8, 4) is 0 Å². The number of amides is 4. The van der Waals surface area contributed by atoms with E-state index in [9.17, 15) is 24.3 Å². The Morgan fingerprint density at radius 1 is 0.771 bits per heavy atom. The van der Waals surface area contributed by atoms with E-state index in [4.69, 9.17) is 4.74 Å². The second-order valence-corrected chi connectivity index (χ2v) is 14.5. The van der Waals surface area contributed by atoms with Crippen LogP contribution in [0.25, 0.3) is 0 Å². The molecule has 0 radical (unpaired) electrons. The van der Waals surface area contributed by atoms with Crippen molar-refractivity contribution < 1.29 is 29.0 Å². The molecule has 5 N–H and O–H groups in total. The van der Waals surface area contributed by atoms with Gasteiger partial charge in [-0.25, -0.2) is 4.79 Å². The predicted octanol–water partition coefficient (Wildman–Crippen LogP) is 5.42. The van der Waals surface area contributed by atoms with Gasteiger partial charge in [-0.05, 0) is 75.8 Å². The first-order chi connectivity index (χ1) is 22.6. The maximum absolute atomic E-state index is 13.1. The van der Waals surface area contributed by atoms with Crippen LogP contribution in [0.2, 0.25) is 0 Å². The van der Waals surface area contributed by atoms with Gasteiger partial charge in [0.2, 0.25) is 17.7 Å². The fourth-order valence-electron chi connectivity index (χ4n) is 5.40. The van der Waals surface area contributed by atoms with Gasteiger partial charge >= 0.3 is 6.09 Å². The fourth-order valence-corrected chi connectivity index (χ4v) is 5.40. The minimum Gasteiger partial charge on any atom is -0.444 e. The van der Waals surface area contributed by atoms with E-state index in [1.165, 1.54) is 0 Å². The molecule has 2 rings (SSSR count). The lowest BCUT2D eigenvalue weighted by Crippen LogP contribution is -2.50. The minimum atomic E-state index is -1.14. The van der Waals surface area contributed by atoms with Crippen molar-refractivity contribution in [2.45, 2.75) is 130 Å². The number of ether oxygens (including phenoxy) is 1. The summed E-state index contributed by atoms with van der Waals surface area (Å²) in [6.45, 7) is 13.7. The minimum absolute atomic E-state index is 0.152. The molecule has 0 bridgehead atoms. The SMILES string of the molecule is CC(C)C[C@H](NC(=O)CC(O)[C@H](CC(C)C)NC(=O)CCC[C@H](Cc1ccccc1)NC(=O)OC(C)(C)C)C(=O)NCc1ccccc1. The molecule has 0 aliphatic rings. The Kier molecular flexibility index (Phi) is 17.1. The summed E-state index contributed by atoms with van der Waals surface area (Å²) in [7, 11) is 0. The highest BCUT2D eigenvalue weighted by molar-refractivity contribution is 5.87. The lowest BCUT2D eigenvalue weighted by Gasteiger charge is -2.27. The summed E-state index contributed by atoms with van der Waals surface area (Å²) < 4.78 is 5.46. The molecule has 0 fully saturated rings. The average molecular weight is 667 g/mol. The number of benzene rings is 2. The topological polar surface area (TPSA) is 146 Å². The van der Waals surface area contributed by atoms with Crippen LogP contribution in [0.1, 0.15) is 98.1 Å². The third-order valence-electron chi connectivity index (χ3n) is 7.60. The zero-order chi connectivity index (χ0) is 35.7. The molecule has 0 saturated heterocycles. The standard InChI is InChI=1S/C38H58N4O6/c1-26(2)21-31(33(43)24-35(45)42-32(22-27(3)4)36(46)39-25-29-17-12-9-13-18-29)41-34(44)20-14-19-30(23-28-15-10-8-11-16-28)40-37(47)48-38(5,6)7/h8-13,15-18,26-27,30-33,43H,14,19-25H2,1-7H3,(H,39,46)(H,40,47)(H,41,44)(H,42,45)/t30-,31+,32+,33?/m1/s1. The van der Waals surface area contributed by atoms with Crippen molar-refractivity contribution in [3.63, 3.8) is 0 Å². The predicted molar refractivity (Wildman–Crippen MR) is 189 cm³/mol. The Morgan fingerprint density at radius 2 is 1.35 bits per heavy atom. The number of alkyl carbamates (subject to hydrolysis) is 1. The van der Waals surface area contributed by atoms with Crippen LogP contribution in [-0.2, 0) is 32.1 Å². The molecule has 4 amide bonds. The Hall–Kier alpha value is -3.92. The number of aliphatic hydroxyl groups is 1. The van der Waals surface area contributed by atoms with Crippen LogP contribution in [0, 0.1) is 11.8 Å². The van der Waals surface area contributed by atoms with Gasteiger partial charge in [-0.2, -0.15) is 0 Å². The summed E-state index contributed by atoms with van der Waals surface area (Å²) >= 11 is 0. The molecule has 10 heteroatoms. The normalized spacial score (nSPS) is 14.0. The van der Waals surface area contributed by atoms with E-state index < -0.39 is 35.8 Å². The van der Waals surface area contributed by atoms with Crippen LogP contribution in [-0.4, -0.2) is 58.8 Å². The summed E-state index contributed by atoms with van der Waals surface area (Å²) in [6, 6.07) is 17.7. The second-order valence-electron chi connectivity index (χ2n) is 14.5. The molecule has 2 aromatic rings. The molecule has 1 unspecified atom stereocenters. The van der Waals surface area contributed by atoms with E-state index in [-0.39, 0.29) is 42.5 Å². The van der Waals surface area contributed by atoms with Gasteiger partial charge in [-0.3, -0.25) is 14.4 Å². The number of carbonyl (C=O) groups excluding carboxylic acids is 4. The first-order valence-electron chi connectivity index (χ1n) is 17.2. The van der Waals surface area contributed by atoms with E-state index in [0.717, 1.165) is 11.1 Å². The van der Waals surface area contributed by atoms with Gasteiger partial charge in [-0.1, -0.05) is 88.4 Å². The zero-order valence-electron chi connectivity index (χ0n) is 29.9. The van der Waals surface area contributed by atoms with Gasteiger partial charge in [0.25, 0.3) is 0 Å². The van der Waals surface area contributed by atoms with Gasteiger partial charge in [0.15, 0.2) is 0 Å². The average Bonchev–Trinajstić information content (AvgIpc) is 2.98. The molecule has 2 aromatic carbocycles. The first-order valence-corrected chi connectivity index (χ1v) is 17.2. The van der Waals surface area contributed by atoms with E-state index in [1.807, 2.05) is 109 Å². The summed E-state index contributed by atoms with van der Waals surface area (Å²) in [5.41, 5.74) is 1.38. The third kappa shape index (κ3) is 17.3. The van der Waals surface area contributed by atoms with Crippen LogP contribution >= 0.6 is 0 Å². The smallest absolute Gasteiger partial charge is 0.407 e. The van der Waals surface area contributed by atoms with Crippen molar-refractivity contribution in [2.24, 2.45) is 11.8 Å². The monoisotopic (exact) mass is 666 g/mol. The summed E-state index contributed by atoms with van der Waals surface area (Å²) in [5, 5.41) is 22.7. The molecule has 10 nitrogen and oxygen atoms in total. The first kappa shape index (κ1) is 40.3. The molecule has 48 heavy (non-hydrogen) atoms. The van der Waals surface area contributed by atoms with E-state index in [2.05, 4.69) is 21.3 Å². The van der Waals surface area contributed by atoms with Crippen LogP contribution in [0.5, 0.6) is 0 Å². The lowest BCUT2D eigenvalue weighted by atomic mass is 9.96. The van der Waals surface area contributed by atoms with Gasteiger partial charge in [-0.15, -0.1) is 0 Å². The highest BCUT2D eigenvalue weighted by Crippen LogP contribution is 2.15. The lowest BCUT2D eigenvalue weighted by molar-refractivity contribution is -0.131. The molecule has 0 saturated carbocycles. The third-order valence-corrected chi connectivity index (χ3v) is 7.60. The van der Waals surface area contributed by atoms with E-state index in [0.29, 0.717) is 38.6 Å². The molecule has 0 spiro atoms. The second kappa shape index (κ2) is 20.4. The van der Waals surface area contributed by atoms with Crippen LogP contribution in [0.3, 0.4) is 0 Å². The molecule has 4 atom stereocenters. The van der Waals surface area contributed by atoms with Crippen molar-refractivity contribution in [3.05, 3.63) is 71.8 Å². The fraction of sp³-hybridized carbons (Fsp3) is 0.579. The zero-order valence-corrected chi connectivity index (χ0v) is 29.9. The maximum atomic E-state index is 13.1. The number of aliphatic hydroxyl groups excluding tert-OH is 1. The number of rotatable bonds is 19. The van der Waals surface area contributed by atoms with Crippen molar-refractivity contribution in [2.75, 3.05) is 0 Å². The van der Waals surface area contributed by atoms with Gasteiger partial charge in [0.05, 0.1) is 18.6 Å². The summed E-state index contributed by atoms with van der Waals surface area (Å²) in [6.07, 6.45) is 0.854. The largest absolute Gasteiger partial charge is 0.444 e. The molecular formula is C38H58N4O6. The number of hydrogen-bond donors (Lipinski definition) is 5. The Morgan fingerprint density at radius 3 is 1.92 bits per heavy atom. The number of hydrogen-bond acceptors (Lipinski definition) is 6. The highest BCUT2D eigenvalue weighted by atomic mass is 16.6. The molecule has 0 aliphatic carbocycles. The Labute approximate surface area is 287 Å². The molecule has 0 aliphatic heterocycles. The van der Waals surface area contributed by atoms with E-state index in [1.54, 1.807) is 0 Å². The number of nitrogens with one attached hydrogen (secondary N) is 4. The van der Waals surface area contributed by atoms with Gasteiger partial charge < -0.3 is 31.1 Å². The van der Waals surface area contributed by atoms with Gasteiger partial charge in [0, 0.05) is 19.0 Å².